The summed E-state index contributed by atoms with van der Waals surface area (Å²) in [5, 5.41) is 7.14. The smallest absolute Gasteiger partial charge is 0.350 e. The van der Waals surface area contributed by atoms with Crippen LogP contribution >= 0.6 is 31.8 Å². The fourth-order valence-corrected chi connectivity index (χ4v) is 8.13. The lowest BCUT2D eigenvalue weighted by molar-refractivity contribution is 0.393. The van der Waals surface area contributed by atoms with Crippen LogP contribution in [0.2, 0.25) is 0 Å². The van der Waals surface area contributed by atoms with Crippen molar-refractivity contribution in [2.24, 2.45) is 0 Å². The number of para-hydroxylation sites is 2. The van der Waals surface area contributed by atoms with Crippen molar-refractivity contribution in [3.63, 3.8) is 0 Å². The van der Waals surface area contributed by atoms with Crippen molar-refractivity contribution >= 4 is 54.5 Å². The van der Waals surface area contributed by atoms with Gasteiger partial charge in [-0.1, -0.05) is 59.9 Å². The Kier molecular flexibility index (Phi) is 9.69. The number of anilines is 4. The van der Waals surface area contributed by atoms with Crippen molar-refractivity contribution in [1.82, 2.24) is 9.80 Å². The molecule has 2 heterocycles. The van der Waals surface area contributed by atoms with E-state index in [1.807, 2.05) is 24.3 Å². The summed E-state index contributed by atoms with van der Waals surface area (Å²) in [5.74, 6) is 1.19. The number of rotatable bonds is 12. The number of benzene rings is 4. The topological polar surface area (TPSA) is 66.1 Å². The van der Waals surface area contributed by atoms with Gasteiger partial charge in [-0.25, -0.2) is 9.05 Å². The number of nitrogens with one attached hydrogen (secondary N) is 2. The maximum Gasteiger partial charge on any atom is 0.805 e. The molecule has 7 nitrogen and oxygen atoms in total. The van der Waals surface area contributed by atoms with Gasteiger partial charge in [-0.3, -0.25) is 0 Å². The zero-order valence-electron chi connectivity index (χ0n) is 25.6. The van der Waals surface area contributed by atoms with Crippen LogP contribution in [0.4, 0.5) is 22.7 Å². The summed E-state index contributed by atoms with van der Waals surface area (Å²) in [6.45, 7) is 1.89. The fraction of sp³-hybridized carbons (Fsp3) is 0.294. The van der Waals surface area contributed by atoms with Crippen molar-refractivity contribution in [2.45, 2.75) is 45.3 Å². The first-order chi connectivity index (χ1) is 21.4. The Bertz CT molecular complexity index is 1560. The molecule has 0 aromatic heterocycles. The molecule has 0 amide bonds. The van der Waals surface area contributed by atoms with Gasteiger partial charge in [-0.15, -0.1) is 0 Å². The van der Waals surface area contributed by atoms with Crippen LogP contribution in [0.1, 0.15) is 24.0 Å². The highest BCUT2D eigenvalue weighted by Crippen LogP contribution is 2.53. The van der Waals surface area contributed by atoms with Gasteiger partial charge in [0.2, 0.25) is 11.5 Å². The van der Waals surface area contributed by atoms with Crippen LogP contribution in [0.3, 0.4) is 0 Å². The van der Waals surface area contributed by atoms with Gasteiger partial charge in [0.1, 0.15) is 11.4 Å². The number of nitrogens with zero attached hydrogens (tertiary/aromatic N) is 2. The number of hydrogen-bond acceptors (Lipinski definition) is 9. The molecule has 0 saturated heterocycles. The third-order valence-electron chi connectivity index (χ3n) is 7.57. The third-order valence-corrected chi connectivity index (χ3v) is 10.5. The SMILES string of the molecule is CN(C)CCCc1ccc2c(c1O[P+](=O)Oc1c(CCCN(C)C)ccc3c1Nc1ccccc1S3)Nc1ccccc1S2. The predicted molar refractivity (Wildman–Crippen MR) is 183 cm³/mol. The molecule has 4 aromatic rings. The third kappa shape index (κ3) is 7.03. The van der Waals surface area contributed by atoms with Crippen LogP contribution in [0.5, 0.6) is 11.5 Å². The molecule has 0 radical (unpaired) electrons. The van der Waals surface area contributed by atoms with Gasteiger partial charge in [0.05, 0.1) is 11.4 Å². The molecule has 0 bridgehead atoms. The quantitative estimate of drug-likeness (QED) is 0.127. The molecule has 228 valence electrons. The molecule has 44 heavy (non-hydrogen) atoms. The minimum Gasteiger partial charge on any atom is -0.350 e. The highest BCUT2D eigenvalue weighted by atomic mass is 32.2. The Morgan fingerprint density at radius 2 is 1.05 bits per heavy atom. The lowest BCUT2D eigenvalue weighted by Gasteiger charge is -2.23. The first kappa shape index (κ1) is 30.8. The summed E-state index contributed by atoms with van der Waals surface area (Å²) in [4.78, 5) is 8.71. The maximum absolute atomic E-state index is 13.9. The fourth-order valence-electron chi connectivity index (χ4n) is 5.39. The minimum atomic E-state index is -2.55. The second kappa shape index (κ2) is 13.8. The average Bonchev–Trinajstić information content (AvgIpc) is 3.01. The van der Waals surface area contributed by atoms with Gasteiger partial charge in [0, 0.05) is 35.3 Å². The maximum atomic E-state index is 13.9. The monoisotopic (exact) mass is 645 g/mol. The molecule has 0 spiro atoms. The van der Waals surface area contributed by atoms with E-state index in [4.69, 9.17) is 9.05 Å². The summed E-state index contributed by atoms with van der Waals surface area (Å²) in [6, 6.07) is 24.9. The van der Waals surface area contributed by atoms with Gasteiger partial charge in [0.15, 0.2) is 0 Å². The summed E-state index contributed by atoms with van der Waals surface area (Å²) in [5.41, 5.74) is 5.72. The van der Waals surface area contributed by atoms with E-state index in [1.165, 1.54) is 0 Å². The first-order valence-electron chi connectivity index (χ1n) is 14.9. The van der Waals surface area contributed by atoms with Crippen LogP contribution < -0.4 is 19.7 Å². The van der Waals surface area contributed by atoms with E-state index < -0.39 is 8.25 Å². The second-order valence-corrected chi connectivity index (χ2v) is 14.5. The summed E-state index contributed by atoms with van der Waals surface area (Å²) in [6.07, 6.45) is 3.49. The zero-order chi connectivity index (χ0) is 30.6. The largest absolute Gasteiger partial charge is 0.805 e. The lowest BCUT2D eigenvalue weighted by atomic mass is 10.1. The number of aryl methyl sites for hydroxylation is 2. The van der Waals surface area contributed by atoms with Gasteiger partial charge >= 0.3 is 8.25 Å². The van der Waals surface area contributed by atoms with E-state index in [2.05, 4.69) is 97.2 Å². The molecular weight excluding hydrogens is 608 g/mol. The Morgan fingerprint density at radius 1 is 0.614 bits per heavy atom. The molecular formula is C34H38N4O3PS2+. The van der Waals surface area contributed by atoms with Gasteiger partial charge in [-0.2, -0.15) is 0 Å². The number of hydrogen-bond donors (Lipinski definition) is 2. The standard InChI is InChI=1S/C34H38N4O3PS2/c1-37(2)21-9-11-23-17-19-29-31(35-25-13-5-7-15-27(25)43-29)33(23)40-42(39)41-34-24(12-10-22-38(3)4)18-20-30-32(34)36-26-14-6-8-16-28(26)44-30/h5-8,13-20,35-36H,9-12,21-22H2,1-4H3/q+1. The molecule has 2 N–H and O–H groups in total. The van der Waals surface area contributed by atoms with Crippen LogP contribution in [0.15, 0.2) is 92.4 Å². The van der Waals surface area contributed by atoms with Crippen molar-refractivity contribution < 1.29 is 13.6 Å². The zero-order valence-corrected chi connectivity index (χ0v) is 28.1. The predicted octanol–water partition coefficient (Wildman–Crippen LogP) is 9.21. The molecule has 10 heteroatoms. The first-order valence-corrected chi connectivity index (χ1v) is 17.6. The van der Waals surface area contributed by atoms with E-state index in [0.29, 0.717) is 11.5 Å². The molecule has 4 aromatic carbocycles. The molecule has 0 aliphatic carbocycles. The van der Waals surface area contributed by atoms with Crippen LogP contribution in [-0.2, 0) is 17.4 Å². The van der Waals surface area contributed by atoms with E-state index in [1.54, 1.807) is 23.5 Å². The van der Waals surface area contributed by atoms with Gasteiger partial charge in [0.25, 0.3) is 0 Å². The van der Waals surface area contributed by atoms with Crippen LogP contribution in [0, 0.1) is 0 Å². The van der Waals surface area contributed by atoms with E-state index in [-0.39, 0.29) is 0 Å². The van der Waals surface area contributed by atoms with Crippen LogP contribution in [0.25, 0.3) is 0 Å². The van der Waals surface area contributed by atoms with Gasteiger partial charge < -0.3 is 20.4 Å². The van der Waals surface area contributed by atoms with E-state index >= 15 is 0 Å². The van der Waals surface area contributed by atoms with Crippen molar-refractivity contribution in [3.8, 4) is 11.5 Å². The average molecular weight is 646 g/mol. The molecule has 0 fully saturated rings. The summed E-state index contributed by atoms with van der Waals surface area (Å²) < 4.78 is 26.6. The number of fused-ring (bicyclic) bond motifs is 4. The van der Waals surface area contributed by atoms with Crippen LogP contribution in [-0.4, -0.2) is 51.1 Å². The lowest BCUT2D eigenvalue weighted by Crippen LogP contribution is -2.14. The summed E-state index contributed by atoms with van der Waals surface area (Å²) in [7, 11) is 5.74. The Balaban J connectivity index is 1.32. The summed E-state index contributed by atoms with van der Waals surface area (Å²) >= 11 is 3.38. The van der Waals surface area contributed by atoms with E-state index in [9.17, 15) is 4.57 Å². The highest BCUT2D eigenvalue weighted by Gasteiger charge is 2.34. The Morgan fingerprint density at radius 3 is 1.48 bits per heavy atom. The second-order valence-electron chi connectivity index (χ2n) is 11.5. The van der Waals surface area contributed by atoms with Gasteiger partial charge in [-0.05, 0) is 103 Å². The minimum absolute atomic E-state index is 0.594. The molecule has 0 unspecified atom stereocenters. The van der Waals surface area contributed by atoms with Crippen molar-refractivity contribution in [2.75, 3.05) is 51.9 Å². The highest BCUT2D eigenvalue weighted by molar-refractivity contribution is 8.00. The Labute approximate surface area is 269 Å². The van der Waals surface area contributed by atoms with Crippen molar-refractivity contribution in [3.05, 3.63) is 83.9 Å². The van der Waals surface area contributed by atoms with E-state index in [0.717, 1.165) is 92.2 Å². The molecule has 0 atom stereocenters. The molecule has 2 aliphatic heterocycles. The normalized spacial score (nSPS) is 12.9. The molecule has 0 saturated carbocycles. The molecule has 2 aliphatic rings. The Hall–Kier alpha value is -3.20. The van der Waals surface area contributed by atoms with Crippen molar-refractivity contribution in [1.29, 1.82) is 0 Å². The molecule has 6 rings (SSSR count).